The molecule has 1 amide bonds. The zero-order valence-corrected chi connectivity index (χ0v) is 12.7. The van der Waals surface area contributed by atoms with Gasteiger partial charge in [-0.15, -0.1) is 0 Å². The Hall–Kier alpha value is -2.69. The van der Waals surface area contributed by atoms with Crippen molar-refractivity contribution in [3.05, 3.63) is 59.7 Å². The number of aryl methyl sites for hydroxylation is 2. The summed E-state index contributed by atoms with van der Waals surface area (Å²) in [5, 5.41) is 0. The van der Waals surface area contributed by atoms with E-state index in [4.69, 9.17) is 0 Å². The summed E-state index contributed by atoms with van der Waals surface area (Å²) in [5.41, 5.74) is 2.97. The molecule has 0 saturated carbocycles. The number of nitrogens with zero attached hydrogens (tertiary/aromatic N) is 3. The lowest BCUT2D eigenvalue weighted by atomic mass is 10.1. The average molecular weight is 297 g/mol. The molecule has 2 aromatic carbocycles. The fourth-order valence-electron chi connectivity index (χ4n) is 2.43. The fourth-order valence-corrected chi connectivity index (χ4v) is 2.43. The number of amides is 1. The van der Waals surface area contributed by atoms with Crippen molar-refractivity contribution >= 4 is 22.6 Å². The van der Waals surface area contributed by atoms with Crippen molar-refractivity contribution in [1.29, 1.82) is 0 Å². The molecule has 3 aromatic rings. The van der Waals surface area contributed by atoms with Gasteiger partial charge in [-0.25, -0.2) is 9.37 Å². The number of anilines is 1. The number of benzene rings is 2. The zero-order chi connectivity index (χ0) is 15.9. The van der Waals surface area contributed by atoms with Crippen molar-refractivity contribution in [1.82, 2.24) is 9.55 Å². The lowest BCUT2D eigenvalue weighted by molar-refractivity contribution is 0.0993. The Balaban J connectivity index is 1.96. The molecule has 0 saturated heterocycles. The van der Waals surface area contributed by atoms with Gasteiger partial charge >= 0.3 is 0 Å². The van der Waals surface area contributed by atoms with Crippen molar-refractivity contribution < 1.29 is 9.18 Å². The highest BCUT2D eigenvalue weighted by Crippen LogP contribution is 2.20. The Kier molecular flexibility index (Phi) is 3.41. The summed E-state index contributed by atoms with van der Waals surface area (Å²) in [6.45, 7) is 1.92. The molecule has 1 aromatic heterocycles. The molecule has 1 heterocycles. The molecule has 22 heavy (non-hydrogen) atoms. The first kappa shape index (κ1) is 14.3. The Morgan fingerprint density at radius 1 is 1.18 bits per heavy atom. The Labute approximate surface area is 127 Å². The second-order valence-corrected chi connectivity index (χ2v) is 5.26. The number of carbonyl (C=O) groups is 1. The minimum atomic E-state index is -0.324. The summed E-state index contributed by atoms with van der Waals surface area (Å²) in [5.74, 6) is 0.415. The maximum atomic E-state index is 13.0. The topological polar surface area (TPSA) is 38.1 Å². The Morgan fingerprint density at radius 2 is 1.86 bits per heavy atom. The van der Waals surface area contributed by atoms with Crippen LogP contribution in [0.5, 0.6) is 0 Å². The molecule has 112 valence electrons. The number of halogens is 1. The molecule has 0 radical (unpaired) electrons. The van der Waals surface area contributed by atoms with Gasteiger partial charge in [0.2, 0.25) is 0 Å². The molecular weight excluding hydrogens is 281 g/mol. The molecule has 0 fully saturated rings. The van der Waals surface area contributed by atoms with Crippen LogP contribution in [-0.2, 0) is 7.05 Å². The van der Waals surface area contributed by atoms with Crippen LogP contribution >= 0.6 is 0 Å². The minimum absolute atomic E-state index is 0.156. The molecule has 5 heteroatoms. The van der Waals surface area contributed by atoms with Crippen LogP contribution in [0.25, 0.3) is 11.0 Å². The smallest absolute Gasteiger partial charge is 0.258 e. The first-order valence-corrected chi connectivity index (χ1v) is 6.94. The van der Waals surface area contributed by atoms with Gasteiger partial charge in [0, 0.05) is 25.3 Å². The van der Waals surface area contributed by atoms with Crippen molar-refractivity contribution in [2.75, 3.05) is 11.9 Å². The SMILES string of the molecule is Cc1nc2cc(C(=O)N(C)c3ccc(F)cc3)ccc2n1C. The normalized spacial score (nSPS) is 10.9. The molecule has 0 spiro atoms. The number of fused-ring (bicyclic) bond motifs is 1. The van der Waals surface area contributed by atoms with Crippen LogP contribution in [0.4, 0.5) is 10.1 Å². The number of hydrogen-bond donors (Lipinski definition) is 0. The Morgan fingerprint density at radius 3 is 2.55 bits per heavy atom. The van der Waals surface area contributed by atoms with Crippen molar-refractivity contribution in [3.8, 4) is 0 Å². The summed E-state index contributed by atoms with van der Waals surface area (Å²) < 4.78 is 15.0. The van der Waals surface area contributed by atoms with Gasteiger partial charge in [0.1, 0.15) is 11.6 Å². The molecule has 0 aliphatic carbocycles. The summed E-state index contributed by atoms with van der Waals surface area (Å²) >= 11 is 0. The minimum Gasteiger partial charge on any atom is -0.331 e. The predicted octanol–water partition coefficient (Wildman–Crippen LogP) is 3.30. The van der Waals surface area contributed by atoms with Crippen LogP contribution in [0, 0.1) is 12.7 Å². The first-order valence-electron chi connectivity index (χ1n) is 6.94. The monoisotopic (exact) mass is 297 g/mol. The molecule has 0 bridgehead atoms. The van der Waals surface area contributed by atoms with Gasteiger partial charge in [-0.05, 0) is 49.4 Å². The third-order valence-corrected chi connectivity index (χ3v) is 3.87. The van der Waals surface area contributed by atoms with Crippen LogP contribution < -0.4 is 4.90 Å². The van der Waals surface area contributed by atoms with Crippen molar-refractivity contribution in [3.63, 3.8) is 0 Å². The highest BCUT2D eigenvalue weighted by Gasteiger charge is 2.15. The maximum absolute atomic E-state index is 13.0. The second-order valence-electron chi connectivity index (χ2n) is 5.26. The molecule has 0 aliphatic rings. The predicted molar refractivity (Wildman–Crippen MR) is 84.6 cm³/mol. The molecule has 0 atom stereocenters. The molecular formula is C17H16FN3O. The molecule has 0 N–H and O–H groups in total. The van der Waals surface area contributed by atoms with Crippen molar-refractivity contribution in [2.45, 2.75) is 6.92 Å². The third kappa shape index (κ3) is 2.35. The number of imidazole rings is 1. The van der Waals surface area contributed by atoms with E-state index in [2.05, 4.69) is 4.98 Å². The van der Waals surface area contributed by atoms with E-state index in [1.54, 1.807) is 31.3 Å². The van der Waals surface area contributed by atoms with E-state index in [0.717, 1.165) is 16.9 Å². The fraction of sp³-hybridized carbons (Fsp3) is 0.176. The maximum Gasteiger partial charge on any atom is 0.258 e. The zero-order valence-electron chi connectivity index (χ0n) is 12.7. The summed E-state index contributed by atoms with van der Waals surface area (Å²) in [6.07, 6.45) is 0. The lowest BCUT2D eigenvalue weighted by Crippen LogP contribution is -2.26. The van der Waals surface area contributed by atoms with Crippen LogP contribution in [0.15, 0.2) is 42.5 Å². The van der Waals surface area contributed by atoms with Gasteiger partial charge < -0.3 is 9.47 Å². The van der Waals surface area contributed by atoms with Gasteiger partial charge in [-0.1, -0.05) is 0 Å². The molecule has 3 rings (SSSR count). The number of hydrogen-bond acceptors (Lipinski definition) is 2. The van der Waals surface area contributed by atoms with E-state index in [1.807, 2.05) is 24.6 Å². The third-order valence-electron chi connectivity index (χ3n) is 3.87. The van der Waals surface area contributed by atoms with E-state index in [-0.39, 0.29) is 11.7 Å². The standard InChI is InChI=1S/C17H16FN3O/c1-11-19-15-10-12(4-9-16(15)20(11)2)17(22)21(3)14-7-5-13(18)6-8-14/h4-10H,1-3H3. The van der Waals surface area contributed by atoms with Crippen LogP contribution in [0.2, 0.25) is 0 Å². The van der Waals surface area contributed by atoms with Crippen LogP contribution in [0.3, 0.4) is 0 Å². The van der Waals surface area contributed by atoms with Crippen LogP contribution in [-0.4, -0.2) is 22.5 Å². The summed E-state index contributed by atoms with van der Waals surface area (Å²) in [4.78, 5) is 18.5. The molecule has 0 unspecified atom stereocenters. The van der Waals surface area contributed by atoms with Gasteiger partial charge in [0.25, 0.3) is 5.91 Å². The average Bonchev–Trinajstić information content (AvgIpc) is 2.81. The van der Waals surface area contributed by atoms with E-state index in [0.29, 0.717) is 11.3 Å². The van der Waals surface area contributed by atoms with Gasteiger partial charge in [0.05, 0.1) is 11.0 Å². The van der Waals surface area contributed by atoms with E-state index in [1.165, 1.54) is 17.0 Å². The quantitative estimate of drug-likeness (QED) is 0.728. The highest BCUT2D eigenvalue weighted by atomic mass is 19.1. The number of aromatic nitrogens is 2. The molecule has 4 nitrogen and oxygen atoms in total. The van der Waals surface area contributed by atoms with Crippen LogP contribution in [0.1, 0.15) is 16.2 Å². The van der Waals surface area contributed by atoms with Gasteiger partial charge in [-0.3, -0.25) is 4.79 Å². The van der Waals surface area contributed by atoms with Gasteiger partial charge in [0.15, 0.2) is 0 Å². The van der Waals surface area contributed by atoms with Crippen molar-refractivity contribution in [2.24, 2.45) is 7.05 Å². The summed E-state index contributed by atoms with van der Waals surface area (Å²) in [6, 6.07) is 11.3. The second kappa shape index (κ2) is 5.26. The lowest BCUT2D eigenvalue weighted by Gasteiger charge is -2.17. The first-order chi connectivity index (χ1) is 10.5. The number of rotatable bonds is 2. The highest BCUT2D eigenvalue weighted by molar-refractivity contribution is 6.07. The largest absolute Gasteiger partial charge is 0.331 e. The van der Waals surface area contributed by atoms with E-state index in [9.17, 15) is 9.18 Å². The molecule has 0 aliphatic heterocycles. The summed E-state index contributed by atoms with van der Waals surface area (Å²) in [7, 11) is 3.61. The van der Waals surface area contributed by atoms with E-state index >= 15 is 0 Å². The number of carbonyl (C=O) groups excluding carboxylic acids is 1. The van der Waals surface area contributed by atoms with E-state index < -0.39 is 0 Å². The van der Waals surface area contributed by atoms with Gasteiger partial charge in [-0.2, -0.15) is 0 Å². The Bertz CT molecular complexity index is 852.